The number of halogens is 1. The van der Waals surface area contributed by atoms with Gasteiger partial charge in [-0.15, -0.1) is 0 Å². The Bertz CT molecular complexity index is 787. The van der Waals surface area contributed by atoms with Crippen LogP contribution in [0.5, 0.6) is 11.5 Å². The molecule has 1 N–H and O–H groups in total. The molecule has 0 fully saturated rings. The topological polar surface area (TPSA) is 47.6 Å². The molecule has 4 nitrogen and oxygen atoms in total. The van der Waals surface area contributed by atoms with Crippen molar-refractivity contribution in [2.75, 3.05) is 13.2 Å². The van der Waals surface area contributed by atoms with Crippen molar-refractivity contribution in [2.45, 2.75) is 53.1 Å². The predicted molar refractivity (Wildman–Crippen MR) is 115 cm³/mol. The Labute approximate surface area is 173 Å². The maximum Gasteiger partial charge on any atom is 0.260 e. The molecule has 0 aromatic heterocycles. The summed E-state index contributed by atoms with van der Waals surface area (Å²) in [6, 6.07) is 11.7. The van der Waals surface area contributed by atoms with E-state index < -0.39 is 6.10 Å². The van der Waals surface area contributed by atoms with Gasteiger partial charge >= 0.3 is 0 Å². The van der Waals surface area contributed by atoms with Crippen molar-refractivity contribution < 1.29 is 14.3 Å². The maximum absolute atomic E-state index is 12.2. The Kier molecular flexibility index (Phi) is 7.36. The molecule has 0 aliphatic heterocycles. The lowest BCUT2D eigenvalue weighted by atomic mass is 9.87. The van der Waals surface area contributed by atoms with Gasteiger partial charge in [0, 0.05) is 5.02 Å². The van der Waals surface area contributed by atoms with E-state index in [1.807, 2.05) is 38.1 Å². The molecule has 1 atom stereocenters. The third-order valence-electron chi connectivity index (χ3n) is 4.48. The van der Waals surface area contributed by atoms with E-state index in [4.69, 9.17) is 21.1 Å². The highest BCUT2D eigenvalue weighted by molar-refractivity contribution is 6.32. The Morgan fingerprint density at radius 3 is 2.18 bits per heavy atom. The Balaban J connectivity index is 1.77. The van der Waals surface area contributed by atoms with Gasteiger partial charge in [-0.1, -0.05) is 44.5 Å². The Hall–Kier alpha value is -2.20. The second kappa shape index (κ2) is 9.33. The average Bonchev–Trinajstić information content (AvgIpc) is 2.62. The summed E-state index contributed by atoms with van der Waals surface area (Å²) in [4.78, 5) is 12.2. The molecule has 0 bridgehead atoms. The van der Waals surface area contributed by atoms with Gasteiger partial charge in [0.1, 0.15) is 18.1 Å². The van der Waals surface area contributed by atoms with Gasteiger partial charge in [-0.05, 0) is 67.1 Å². The summed E-state index contributed by atoms with van der Waals surface area (Å²) in [5.74, 6) is 1.24. The first kappa shape index (κ1) is 22.1. The molecular weight excluding hydrogens is 374 g/mol. The molecule has 0 saturated carbocycles. The van der Waals surface area contributed by atoms with Crippen molar-refractivity contribution in [3.05, 3.63) is 58.1 Å². The summed E-state index contributed by atoms with van der Waals surface area (Å²) in [6.45, 7) is 12.9. The van der Waals surface area contributed by atoms with Crippen LogP contribution in [0.3, 0.4) is 0 Å². The fraction of sp³-hybridized carbons (Fsp3) is 0.435. The molecule has 0 spiro atoms. The molecule has 28 heavy (non-hydrogen) atoms. The zero-order chi connectivity index (χ0) is 20.9. The van der Waals surface area contributed by atoms with Gasteiger partial charge in [0.15, 0.2) is 6.10 Å². The first-order chi connectivity index (χ1) is 13.1. The number of nitrogens with one attached hydrogen (secondary N) is 1. The van der Waals surface area contributed by atoms with E-state index in [1.54, 1.807) is 6.92 Å². The quantitative estimate of drug-likeness (QED) is 0.645. The van der Waals surface area contributed by atoms with Crippen molar-refractivity contribution >= 4 is 17.5 Å². The Morgan fingerprint density at radius 2 is 1.64 bits per heavy atom. The first-order valence-electron chi connectivity index (χ1n) is 9.52. The van der Waals surface area contributed by atoms with Gasteiger partial charge in [-0.3, -0.25) is 4.79 Å². The molecule has 0 heterocycles. The predicted octanol–water partition coefficient (Wildman–Crippen LogP) is 5.22. The largest absolute Gasteiger partial charge is 0.492 e. The van der Waals surface area contributed by atoms with Crippen LogP contribution in [-0.2, 0) is 10.2 Å². The fourth-order valence-electron chi connectivity index (χ4n) is 2.77. The molecule has 0 aliphatic carbocycles. The van der Waals surface area contributed by atoms with Gasteiger partial charge < -0.3 is 14.8 Å². The molecule has 5 heteroatoms. The van der Waals surface area contributed by atoms with Crippen LogP contribution in [0.1, 0.15) is 44.4 Å². The van der Waals surface area contributed by atoms with E-state index in [2.05, 4.69) is 38.2 Å². The fourth-order valence-corrected chi connectivity index (χ4v) is 2.88. The molecule has 152 valence electrons. The number of hydrogen-bond donors (Lipinski definition) is 1. The van der Waals surface area contributed by atoms with Gasteiger partial charge in [-0.2, -0.15) is 0 Å². The number of ether oxygens (including phenoxy) is 2. The number of carbonyl (C=O) groups is 1. The summed E-state index contributed by atoms with van der Waals surface area (Å²) in [6.07, 6.45) is -0.606. The van der Waals surface area contributed by atoms with Crippen LogP contribution in [0.4, 0.5) is 0 Å². The van der Waals surface area contributed by atoms with Crippen LogP contribution in [0.25, 0.3) is 0 Å². The zero-order valence-electron chi connectivity index (χ0n) is 17.6. The van der Waals surface area contributed by atoms with E-state index in [-0.39, 0.29) is 11.3 Å². The molecule has 2 rings (SSSR count). The summed E-state index contributed by atoms with van der Waals surface area (Å²) < 4.78 is 11.4. The summed E-state index contributed by atoms with van der Waals surface area (Å²) in [5.41, 5.74) is 3.22. The van der Waals surface area contributed by atoms with Gasteiger partial charge in [-0.25, -0.2) is 0 Å². The standard InChI is InChI=1S/C23H30ClNO3/c1-15-13-20(14-16(2)21(15)24)28-17(3)22(26)25-11-12-27-19-9-7-18(8-10-19)23(4,5)6/h7-10,13-14,17H,11-12H2,1-6H3,(H,25,26)/t17-/m1/s1. The molecule has 2 aromatic carbocycles. The maximum atomic E-state index is 12.2. The number of rotatable bonds is 7. The highest BCUT2D eigenvalue weighted by atomic mass is 35.5. The lowest BCUT2D eigenvalue weighted by Crippen LogP contribution is -2.38. The second-order valence-electron chi connectivity index (χ2n) is 8.04. The molecule has 0 radical (unpaired) electrons. The zero-order valence-corrected chi connectivity index (χ0v) is 18.3. The summed E-state index contributed by atoms with van der Waals surface area (Å²) >= 11 is 6.17. The van der Waals surface area contributed by atoms with Crippen LogP contribution >= 0.6 is 11.6 Å². The highest BCUT2D eigenvalue weighted by Gasteiger charge is 2.16. The van der Waals surface area contributed by atoms with Crippen molar-refractivity contribution in [1.29, 1.82) is 0 Å². The van der Waals surface area contributed by atoms with Crippen molar-refractivity contribution in [3.8, 4) is 11.5 Å². The third kappa shape index (κ3) is 6.16. The third-order valence-corrected chi connectivity index (χ3v) is 5.08. The molecule has 2 aromatic rings. The number of benzene rings is 2. The minimum atomic E-state index is -0.606. The van der Waals surface area contributed by atoms with E-state index in [0.717, 1.165) is 21.9 Å². The van der Waals surface area contributed by atoms with Crippen LogP contribution in [0, 0.1) is 13.8 Å². The number of aryl methyl sites for hydroxylation is 2. The van der Waals surface area contributed by atoms with Crippen LogP contribution in [0.15, 0.2) is 36.4 Å². The van der Waals surface area contributed by atoms with Crippen LogP contribution in [0.2, 0.25) is 5.02 Å². The average molecular weight is 404 g/mol. The summed E-state index contributed by atoms with van der Waals surface area (Å²) in [5, 5.41) is 3.55. The van der Waals surface area contributed by atoms with Crippen molar-refractivity contribution in [1.82, 2.24) is 5.32 Å². The van der Waals surface area contributed by atoms with E-state index in [1.165, 1.54) is 5.56 Å². The van der Waals surface area contributed by atoms with E-state index in [0.29, 0.717) is 18.9 Å². The molecule has 0 unspecified atom stereocenters. The molecule has 0 aliphatic rings. The Morgan fingerprint density at radius 1 is 1.07 bits per heavy atom. The highest BCUT2D eigenvalue weighted by Crippen LogP contribution is 2.26. The SMILES string of the molecule is Cc1cc(O[C@H](C)C(=O)NCCOc2ccc(C(C)(C)C)cc2)cc(C)c1Cl. The minimum Gasteiger partial charge on any atom is -0.492 e. The van der Waals surface area contributed by atoms with Crippen LogP contribution in [-0.4, -0.2) is 25.2 Å². The number of hydrogen-bond acceptors (Lipinski definition) is 3. The van der Waals surface area contributed by atoms with Gasteiger partial charge in [0.2, 0.25) is 0 Å². The second-order valence-corrected chi connectivity index (χ2v) is 8.42. The van der Waals surface area contributed by atoms with E-state index >= 15 is 0 Å². The van der Waals surface area contributed by atoms with Gasteiger partial charge in [0.05, 0.1) is 6.54 Å². The monoisotopic (exact) mass is 403 g/mol. The lowest BCUT2D eigenvalue weighted by molar-refractivity contribution is -0.127. The lowest BCUT2D eigenvalue weighted by Gasteiger charge is -2.19. The molecular formula is C23H30ClNO3. The van der Waals surface area contributed by atoms with Crippen molar-refractivity contribution in [3.63, 3.8) is 0 Å². The van der Waals surface area contributed by atoms with Crippen LogP contribution < -0.4 is 14.8 Å². The normalized spacial score (nSPS) is 12.4. The smallest absolute Gasteiger partial charge is 0.260 e. The molecule has 0 saturated heterocycles. The van der Waals surface area contributed by atoms with Crippen molar-refractivity contribution in [2.24, 2.45) is 0 Å². The molecule has 1 amide bonds. The van der Waals surface area contributed by atoms with E-state index in [9.17, 15) is 4.79 Å². The van der Waals surface area contributed by atoms with Gasteiger partial charge in [0.25, 0.3) is 5.91 Å². The number of carbonyl (C=O) groups excluding carboxylic acids is 1. The first-order valence-corrected chi connectivity index (χ1v) is 9.90. The minimum absolute atomic E-state index is 0.115. The summed E-state index contributed by atoms with van der Waals surface area (Å²) in [7, 11) is 0. The number of amides is 1.